The van der Waals surface area contributed by atoms with Crippen LogP contribution >= 0.6 is 0 Å². The predicted octanol–water partition coefficient (Wildman–Crippen LogP) is 7.33. The maximum absolute atomic E-state index is 12.3. The van der Waals surface area contributed by atoms with Crippen LogP contribution in [0.25, 0.3) is 0 Å². The van der Waals surface area contributed by atoms with E-state index in [0.717, 1.165) is 11.1 Å². The van der Waals surface area contributed by atoms with Crippen molar-refractivity contribution in [2.24, 2.45) is 0 Å². The second-order valence-corrected chi connectivity index (χ2v) is 7.57. The molecule has 0 heterocycles. The molecule has 0 N–H and O–H groups in total. The standard InChI is InChI=1S/C22H26O4.2C3H6/c1-15(2)17-9-5-7-11-19(17)21(23)25-13-14-26-22(24)20-12-8-6-10-18(20)16(3)4;2*1-3-2/h5-12,15-16H,13-14H2,1-4H3;2*3H,1H2,2H3. The largest absolute Gasteiger partial charge is 0.458 e. The van der Waals surface area contributed by atoms with E-state index in [9.17, 15) is 9.59 Å². The fourth-order valence-electron chi connectivity index (χ4n) is 2.80. The average molecular weight is 439 g/mol. The van der Waals surface area contributed by atoms with Crippen LogP contribution in [0.4, 0.5) is 0 Å². The summed E-state index contributed by atoms with van der Waals surface area (Å²) in [7, 11) is 0. The van der Waals surface area contributed by atoms with Crippen LogP contribution in [0.2, 0.25) is 0 Å². The third-order valence-corrected chi connectivity index (χ3v) is 4.16. The van der Waals surface area contributed by atoms with Gasteiger partial charge in [0, 0.05) is 0 Å². The van der Waals surface area contributed by atoms with E-state index in [2.05, 4.69) is 13.2 Å². The maximum Gasteiger partial charge on any atom is 0.338 e. The number of hydrogen-bond acceptors (Lipinski definition) is 4. The molecule has 0 saturated carbocycles. The molecule has 4 heteroatoms. The van der Waals surface area contributed by atoms with E-state index in [4.69, 9.17) is 9.47 Å². The molecule has 174 valence electrons. The molecule has 0 saturated heterocycles. The summed E-state index contributed by atoms with van der Waals surface area (Å²) in [6.07, 6.45) is 3.50. The van der Waals surface area contributed by atoms with Crippen LogP contribution in [0, 0.1) is 0 Å². The van der Waals surface area contributed by atoms with E-state index in [1.54, 1.807) is 24.3 Å². The van der Waals surface area contributed by atoms with Crippen molar-refractivity contribution in [2.45, 2.75) is 53.4 Å². The van der Waals surface area contributed by atoms with Crippen LogP contribution in [-0.4, -0.2) is 25.2 Å². The van der Waals surface area contributed by atoms with E-state index in [0.29, 0.717) is 11.1 Å². The molecule has 0 aliphatic carbocycles. The number of esters is 2. The van der Waals surface area contributed by atoms with Crippen LogP contribution in [0.15, 0.2) is 73.8 Å². The van der Waals surface area contributed by atoms with Crippen LogP contribution in [-0.2, 0) is 9.47 Å². The van der Waals surface area contributed by atoms with Gasteiger partial charge in [-0.05, 0) is 48.9 Å². The molecule has 2 rings (SSSR count). The highest BCUT2D eigenvalue weighted by Gasteiger charge is 2.16. The Morgan fingerprint density at radius 3 is 1.28 bits per heavy atom. The normalized spacial score (nSPS) is 9.62. The van der Waals surface area contributed by atoms with Crippen molar-refractivity contribution in [3.63, 3.8) is 0 Å². The molecule has 2 aromatic rings. The summed E-state index contributed by atoms with van der Waals surface area (Å²) in [4.78, 5) is 24.5. The third-order valence-electron chi connectivity index (χ3n) is 4.16. The van der Waals surface area contributed by atoms with E-state index < -0.39 is 11.9 Å². The zero-order valence-corrected chi connectivity index (χ0v) is 20.4. The molecule has 0 fully saturated rings. The van der Waals surface area contributed by atoms with Crippen LogP contribution in [0.3, 0.4) is 0 Å². The lowest BCUT2D eigenvalue weighted by Gasteiger charge is -2.13. The molecule has 0 unspecified atom stereocenters. The second kappa shape index (κ2) is 16.5. The van der Waals surface area contributed by atoms with Gasteiger partial charge in [-0.3, -0.25) is 0 Å². The van der Waals surface area contributed by atoms with Crippen LogP contribution < -0.4 is 0 Å². The van der Waals surface area contributed by atoms with Gasteiger partial charge in [-0.15, -0.1) is 13.2 Å². The third kappa shape index (κ3) is 10.3. The second-order valence-electron chi connectivity index (χ2n) is 7.57. The molecular weight excluding hydrogens is 400 g/mol. The Balaban J connectivity index is 0.00000144. The minimum absolute atomic E-state index is 0.0286. The van der Waals surface area contributed by atoms with Crippen molar-refractivity contribution >= 4 is 11.9 Å². The number of carbonyl (C=O) groups is 2. The van der Waals surface area contributed by atoms with E-state index in [-0.39, 0.29) is 25.0 Å². The summed E-state index contributed by atoms with van der Waals surface area (Å²) in [5.74, 6) is -0.339. The lowest BCUT2D eigenvalue weighted by molar-refractivity contribution is 0.0264. The number of benzene rings is 2. The maximum atomic E-state index is 12.3. The summed E-state index contributed by atoms with van der Waals surface area (Å²) < 4.78 is 10.5. The Morgan fingerprint density at radius 1 is 0.719 bits per heavy atom. The van der Waals surface area contributed by atoms with Gasteiger partial charge in [0.1, 0.15) is 13.2 Å². The highest BCUT2D eigenvalue weighted by Crippen LogP contribution is 2.21. The molecule has 4 nitrogen and oxygen atoms in total. The van der Waals surface area contributed by atoms with Crippen molar-refractivity contribution in [1.29, 1.82) is 0 Å². The first-order chi connectivity index (χ1) is 15.2. The Bertz CT molecular complexity index is 779. The molecule has 0 amide bonds. The molecule has 0 aromatic heterocycles. The predicted molar refractivity (Wildman–Crippen MR) is 133 cm³/mol. The first kappa shape index (κ1) is 28.9. The molecule has 0 aliphatic rings. The average Bonchev–Trinajstić information content (AvgIpc) is 2.77. The Hall–Kier alpha value is -3.14. The number of rotatable bonds is 7. The van der Waals surface area contributed by atoms with E-state index in [1.807, 2.05) is 77.9 Å². The zero-order valence-electron chi connectivity index (χ0n) is 20.4. The van der Waals surface area contributed by atoms with Gasteiger partial charge in [0.25, 0.3) is 0 Å². The van der Waals surface area contributed by atoms with E-state index in [1.165, 1.54) is 0 Å². The van der Waals surface area contributed by atoms with Gasteiger partial charge in [-0.1, -0.05) is 76.2 Å². The van der Waals surface area contributed by atoms with Crippen LogP contribution in [0.1, 0.15) is 85.2 Å². The highest BCUT2D eigenvalue weighted by atomic mass is 16.6. The Morgan fingerprint density at radius 2 is 1.00 bits per heavy atom. The van der Waals surface area contributed by atoms with Gasteiger partial charge in [0.05, 0.1) is 11.1 Å². The Labute approximate surface area is 194 Å². The van der Waals surface area contributed by atoms with Gasteiger partial charge in [-0.25, -0.2) is 9.59 Å². The first-order valence-electron chi connectivity index (χ1n) is 10.9. The zero-order chi connectivity index (χ0) is 24.5. The highest BCUT2D eigenvalue weighted by molar-refractivity contribution is 5.92. The topological polar surface area (TPSA) is 52.6 Å². The van der Waals surface area contributed by atoms with Crippen molar-refractivity contribution < 1.29 is 19.1 Å². The molecule has 0 atom stereocenters. The molecule has 0 radical (unpaired) electrons. The minimum atomic E-state index is -0.395. The summed E-state index contributed by atoms with van der Waals surface area (Å²) in [5, 5.41) is 0. The number of hydrogen-bond donors (Lipinski definition) is 0. The van der Waals surface area contributed by atoms with Crippen molar-refractivity contribution in [3.8, 4) is 0 Å². The molecule has 0 spiro atoms. The van der Waals surface area contributed by atoms with Gasteiger partial charge < -0.3 is 9.47 Å². The van der Waals surface area contributed by atoms with Gasteiger partial charge in [0.15, 0.2) is 0 Å². The van der Waals surface area contributed by atoms with Gasteiger partial charge in [0.2, 0.25) is 0 Å². The minimum Gasteiger partial charge on any atom is -0.458 e. The lowest BCUT2D eigenvalue weighted by Crippen LogP contribution is -2.16. The van der Waals surface area contributed by atoms with Crippen molar-refractivity contribution in [1.82, 2.24) is 0 Å². The molecule has 2 aromatic carbocycles. The fourth-order valence-corrected chi connectivity index (χ4v) is 2.80. The van der Waals surface area contributed by atoms with Crippen molar-refractivity contribution in [2.75, 3.05) is 13.2 Å². The SMILES string of the molecule is C=CC.C=CC.CC(C)c1ccccc1C(=O)OCCOC(=O)c1ccccc1C(C)C. The molecule has 32 heavy (non-hydrogen) atoms. The van der Waals surface area contributed by atoms with E-state index >= 15 is 0 Å². The van der Waals surface area contributed by atoms with Crippen molar-refractivity contribution in [3.05, 3.63) is 96.1 Å². The summed E-state index contributed by atoms with van der Waals surface area (Å²) in [6, 6.07) is 14.8. The van der Waals surface area contributed by atoms with Crippen LogP contribution in [0.5, 0.6) is 0 Å². The van der Waals surface area contributed by atoms with Gasteiger partial charge >= 0.3 is 11.9 Å². The lowest BCUT2D eigenvalue weighted by atomic mass is 9.97. The summed E-state index contributed by atoms with van der Waals surface area (Å²) in [5.41, 5.74) is 3.00. The smallest absolute Gasteiger partial charge is 0.338 e. The monoisotopic (exact) mass is 438 g/mol. The number of carbonyl (C=O) groups excluding carboxylic acids is 2. The summed E-state index contributed by atoms with van der Waals surface area (Å²) >= 11 is 0. The molecule has 0 aliphatic heterocycles. The number of allylic oxidation sites excluding steroid dienone is 2. The first-order valence-corrected chi connectivity index (χ1v) is 10.9. The quantitative estimate of drug-likeness (QED) is 0.258. The number of ether oxygens (including phenoxy) is 2. The molecule has 0 bridgehead atoms. The fraction of sp³-hybridized carbons (Fsp3) is 0.357. The molecular formula is C28H38O4. The summed E-state index contributed by atoms with van der Waals surface area (Å²) in [6.45, 7) is 18.7. The Kier molecular flexibility index (Phi) is 14.9. The van der Waals surface area contributed by atoms with Gasteiger partial charge in [-0.2, -0.15) is 0 Å².